The van der Waals surface area contributed by atoms with Gasteiger partial charge >= 0.3 is 12.0 Å². The van der Waals surface area contributed by atoms with Crippen molar-refractivity contribution < 1.29 is 37.3 Å². The first-order valence-corrected chi connectivity index (χ1v) is 8.18. The molecule has 1 heterocycles. The monoisotopic (exact) mass is 409 g/mol. The number of rotatable bonds is 4. The van der Waals surface area contributed by atoms with E-state index in [9.17, 15) is 33.0 Å². The van der Waals surface area contributed by atoms with Crippen LogP contribution in [0, 0.1) is 6.92 Å². The Morgan fingerprint density at radius 2 is 1.79 bits per heavy atom. The predicted octanol–water partition coefficient (Wildman–Crippen LogP) is 3.59. The molecule has 3 aromatic rings. The Morgan fingerprint density at radius 1 is 1.14 bits per heavy atom. The maximum absolute atomic E-state index is 12.3. The van der Waals surface area contributed by atoms with Crippen molar-refractivity contribution in [1.29, 1.82) is 0 Å². The number of aryl methyl sites for hydroxylation is 1. The third-order valence-electron chi connectivity index (χ3n) is 4.12. The molecule has 0 spiro atoms. The zero-order valence-corrected chi connectivity index (χ0v) is 14.8. The number of hydrogen-bond acceptors (Lipinski definition) is 6. The fourth-order valence-corrected chi connectivity index (χ4v) is 2.74. The van der Waals surface area contributed by atoms with E-state index in [1.165, 1.54) is 24.3 Å². The third-order valence-corrected chi connectivity index (χ3v) is 4.12. The lowest BCUT2D eigenvalue weighted by Gasteiger charge is -2.11. The summed E-state index contributed by atoms with van der Waals surface area (Å²) in [4.78, 5) is 24.5. The highest BCUT2D eigenvalue weighted by molar-refractivity contribution is 5.94. The summed E-state index contributed by atoms with van der Waals surface area (Å²) in [5.41, 5.74) is -0.431. The number of aromatic hydroxyl groups is 2. The average Bonchev–Trinajstić information content (AvgIpc) is 2.62. The van der Waals surface area contributed by atoms with E-state index in [0.29, 0.717) is 10.9 Å². The second-order valence-electron chi connectivity index (χ2n) is 6.10. The Balaban J connectivity index is 1.80. The summed E-state index contributed by atoms with van der Waals surface area (Å²) in [7, 11) is 0. The molecule has 0 saturated carbocycles. The number of hydrogen-bond donors (Lipinski definition) is 3. The molecule has 2 aromatic carbocycles. The summed E-state index contributed by atoms with van der Waals surface area (Å²) in [5, 5.41) is 22.1. The second kappa shape index (κ2) is 7.38. The molecule has 0 bridgehead atoms. The number of carbonyl (C=O) groups excluding carboxylic acids is 1. The Labute approximate surface area is 161 Å². The molecule has 1 amide bonds. The van der Waals surface area contributed by atoms with Gasteiger partial charge in [0.2, 0.25) is 11.7 Å². The van der Waals surface area contributed by atoms with Crippen molar-refractivity contribution in [3.63, 3.8) is 0 Å². The number of phenolic OH excluding ortho intramolecular Hbond substituents is 2. The van der Waals surface area contributed by atoms with Gasteiger partial charge in [-0.15, -0.1) is 13.2 Å². The minimum absolute atomic E-state index is 0.0390. The van der Waals surface area contributed by atoms with Gasteiger partial charge in [0, 0.05) is 11.1 Å². The molecule has 3 N–H and O–H groups in total. The highest BCUT2D eigenvalue weighted by Gasteiger charge is 2.31. The van der Waals surface area contributed by atoms with Gasteiger partial charge in [0.05, 0.1) is 12.0 Å². The van der Waals surface area contributed by atoms with Crippen LogP contribution in [0.4, 0.5) is 18.9 Å². The van der Waals surface area contributed by atoms with Crippen LogP contribution in [0.15, 0.2) is 45.6 Å². The fourth-order valence-electron chi connectivity index (χ4n) is 2.74. The molecular weight excluding hydrogens is 395 g/mol. The standard InChI is InChI=1S/C19H14F3NO6/c1-9-12-6-7-14(24)16(26)17(12)28-18(27)13(9)8-15(25)23-10-2-4-11(5-3-10)29-19(20,21)22/h2-7,24,26H,8H2,1H3,(H,23,25). The Bertz CT molecular complexity index is 1140. The smallest absolute Gasteiger partial charge is 0.504 e. The number of phenols is 2. The summed E-state index contributed by atoms with van der Waals surface area (Å²) < 4.78 is 45.3. The van der Waals surface area contributed by atoms with Gasteiger partial charge in [-0.05, 0) is 48.9 Å². The van der Waals surface area contributed by atoms with Gasteiger partial charge in [0.1, 0.15) is 5.75 Å². The van der Waals surface area contributed by atoms with E-state index >= 15 is 0 Å². The Morgan fingerprint density at radius 3 is 2.41 bits per heavy atom. The number of halogens is 3. The molecule has 1 aromatic heterocycles. The highest BCUT2D eigenvalue weighted by atomic mass is 19.4. The van der Waals surface area contributed by atoms with Crippen LogP contribution in [-0.2, 0) is 11.2 Å². The van der Waals surface area contributed by atoms with Crippen molar-refractivity contribution in [3.8, 4) is 17.2 Å². The van der Waals surface area contributed by atoms with Crippen LogP contribution >= 0.6 is 0 Å². The molecule has 7 nitrogen and oxygen atoms in total. The normalized spacial score (nSPS) is 11.4. The van der Waals surface area contributed by atoms with Crippen LogP contribution in [0.3, 0.4) is 0 Å². The largest absolute Gasteiger partial charge is 0.573 e. The summed E-state index contributed by atoms with van der Waals surface area (Å²) >= 11 is 0. The molecule has 0 aliphatic heterocycles. The van der Waals surface area contributed by atoms with Crippen molar-refractivity contribution in [2.45, 2.75) is 19.7 Å². The first-order valence-electron chi connectivity index (χ1n) is 8.18. The zero-order valence-electron chi connectivity index (χ0n) is 14.8. The molecule has 0 aliphatic rings. The second-order valence-corrected chi connectivity index (χ2v) is 6.10. The molecule has 0 radical (unpaired) electrons. The molecule has 0 atom stereocenters. The van der Waals surface area contributed by atoms with Crippen LogP contribution in [0.1, 0.15) is 11.1 Å². The zero-order chi connectivity index (χ0) is 21.3. The summed E-state index contributed by atoms with van der Waals surface area (Å²) in [6.45, 7) is 1.56. The topological polar surface area (TPSA) is 109 Å². The van der Waals surface area contributed by atoms with Crippen molar-refractivity contribution in [3.05, 3.63) is 57.9 Å². The maximum atomic E-state index is 12.3. The van der Waals surface area contributed by atoms with Crippen LogP contribution in [0.25, 0.3) is 11.0 Å². The van der Waals surface area contributed by atoms with Crippen molar-refractivity contribution >= 4 is 22.6 Å². The number of carbonyl (C=O) groups is 1. The molecule has 152 valence electrons. The number of nitrogens with one attached hydrogen (secondary N) is 1. The molecule has 0 aliphatic carbocycles. The van der Waals surface area contributed by atoms with E-state index in [1.807, 2.05) is 0 Å². The van der Waals surface area contributed by atoms with E-state index in [-0.39, 0.29) is 23.3 Å². The predicted molar refractivity (Wildman–Crippen MR) is 96.0 cm³/mol. The number of fused-ring (bicyclic) bond motifs is 1. The van der Waals surface area contributed by atoms with Gasteiger partial charge in [-0.3, -0.25) is 4.79 Å². The fraction of sp³-hybridized carbons (Fsp3) is 0.158. The molecule has 0 fully saturated rings. The molecule has 29 heavy (non-hydrogen) atoms. The van der Waals surface area contributed by atoms with Gasteiger partial charge < -0.3 is 24.7 Å². The summed E-state index contributed by atoms with van der Waals surface area (Å²) in [5.74, 6) is -2.08. The molecule has 0 saturated heterocycles. The SMILES string of the molecule is Cc1c(CC(=O)Nc2ccc(OC(F)(F)F)cc2)c(=O)oc2c(O)c(O)ccc12. The van der Waals surface area contributed by atoms with Gasteiger partial charge in [-0.25, -0.2) is 4.79 Å². The third kappa shape index (κ3) is 4.42. The van der Waals surface area contributed by atoms with Crippen LogP contribution in [-0.4, -0.2) is 22.5 Å². The summed E-state index contributed by atoms with van der Waals surface area (Å²) in [6, 6.07) is 7.16. The van der Waals surface area contributed by atoms with Crippen molar-refractivity contribution in [2.75, 3.05) is 5.32 Å². The average molecular weight is 409 g/mol. The van der Waals surface area contributed by atoms with Crippen molar-refractivity contribution in [1.82, 2.24) is 0 Å². The lowest BCUT2D eigenvalue weighted by atomic mass is 10.0. The van der Waals surface area contributed by atoms with Crippen LogP contribution in [0.5, 0.6) is 17.2 Å². The summed E-state index contributed by atoms with van der Waals surface area (Å²) in [6.07, 6.45) is -5.19. The lowest BCUT2D eigenvalue weighted by Crippen LogP contribution is -2.20. The minimum Gasteiger partial charge on any atom is -0.504 e. The van der Waals surface area contributed by atoms with E-state index < -0.39 is 35.1 Å². The number of amides is 1. The van der Waals surface area contributed by atoms with Crippen molar-refractivity contribution in [2.24, 2.45) is 0 Å². The van der Waals surface area contributed by atoms with E-state index in [2.05, 4.69) is 10.1 Å². The van der Waals surface area contributed by atoms with Crippen LogP contribution in [0.2, 0.25) is 0 Å². The maximum Gasteiger partial charge on any atom is 0.573 e. The highest BCUT2D eigenvalue weighted by Crippen LogP contribution is 2.34. The lowest BCUT2D eigenvalue weighted by molar-refractivity contribution is -0.274. The molecule has 3 rings (SSSR count). The number of benzene rings is 2. The molecule has 10 heteroatoms. The Hall–Kier alpha value is -3.69. The Kier molecular flexibility index (Phi) is 5.10. The van der Waals surface area contributed by atoms with Gasteiger partial charge in [-0.2, -0.15) is 0 Å². The van der Waals surface area contributed by atoms with Gasteiger partial charge in [0.25, 0.3) is 0 Å². The number of ether oxygens (including phenoxy) is 1. The number of alkyl halides is 3. The number of anilines is 1. The minimum atomic E-state index is -4.82. The van der Waals surface area contributed by atoms with E-state index in [4.69, 9.17) is 4.42 Å². The van der Waals surface area contributed by atoms with E-state index in [1.54, 1.807) is 6.92 Å². The molecule has 0 unspecified atom stereocenters. The van der Waals surface area contributed by atoms with Gasteiger partial charge in [0.15, 0.2) is 11.3 Å². The van der Waals surface area contributed by atoms with Crippen LogP contribution < -0.4 is 15.7 Å². The first kappa shape index (κ1) is 20.1. The first-order chi connectivity index (χ1) is 13.5. The quantitative estimate of drug-likeness (QED) is 0.449. The van der Waals surface area contributed by atoms with E-state index in [0.717, 1.165) is 12.1 Å². The van der Waals surface area contributed by atoms with Gasteiger partial charge in [-0.1, -0.05) is 0 Å². The molecular formula is C19H14F3NO6.